The Morgan fingerprint density at radius 2 is 1.96 bits per heavy atom. The van der Waals surface area contributed by atoms with E-state index in [4.69, 9.17) is 4.52 Å². The third-order valence-corrected chi connectivity index (χ3v) is 5.52. The van der Waals surface area contributed by atoms with Crippen LogP contribution in [0.25, 0.3) is 0 Å². The van der Waals surface area contributed by atoms with Gasteiger partial charge in [-0.3, -0.25) is 4.79 Å². The summed E-state index contributed by atoms with van der Waals surface area (Å²) in [4.78, 5) is 17.7. The molecule has 28 heavy (non-hydrogen) atoms. The number of carbonyl (C=O) groups excluding carboxylic acids is 1. The molecule has 2 aromatic carbocycles. The number of amides is 1. The highest BCUT2D eigenvalue weighted by atomic mass is 32.2. The summed E-state index contributed by atoms with van der Waals surface area (Å²) in [6, 6.07) is 14.1. The van der Waals surface area contributed by atoms with Crippen LogP contribution in [0.5, 0.6) is 0 Å². The van der Waals surface area contributed by atoms with Crippen LogP contribution in [0.1, 0.15) is 45.2 Å². The predicted octanol–water partition coefficient (Wildman–Crippen LogP) is 4.65. The average molecular weight is 396 g/mol. The highest BCUT2D eigenvalue weighted by molar-refractivity contribution is 7.98. The van der Waals surface area contributed by atoms with Gasteiger partial charge in [0.2, 0.25) is 5.89 Å². The molecule has 1 aromatic heterocycles. The maximum Gasteiger partial charge on any atom is 0.252 e. The molecule has 0 fully saturated rings. The van der Waals surface area contributed by atoms with Crippen LogP contribution in [0.3, 0.4) is 0 Å². The normalized spacial score (nSPS) is 10.8. The number of aromatic nitrogens is 2. The first-order valence-electron chi connectivity index (χ1n) is 9.38. The van der Waals surface area contributed by atoms with E-state index >= 15 is 0 Å². The van der Waals surface area contributed by atoms with Crippen LogP contribution in [0.15, 0.2) is 51.9 Å². The molecule has 1 heterocycles. The first kappa shape index (κ1) is 20.1. The lowest BCUT2D eigenvalue weighted by Crippen LogP contribution is -2.25. The lowest BCUT2D eigenvalue weighted by atomic mass is 10.0. The number of benzene rings is 2. The molecular formula is C22H25N3O2S. The van der Waals surface area contributed by atoms with Crippen molar-refractivity contribution in [2.45, 2.75) is 44.3 Å². The molecular weight excluding hydrogens is 370 g/mol. The number of hydrogen-bond donors (Lipinski definition) is 1. The topological polar surface area (TPSA) is 68.0 Å². The molecule has 0 spiro atoms. The summed E-state index contributed by atoms with van der Waals surface area (Å²) in [5.74, 6) is 1.67. The van der Waals surface area contributed by atoms with Crippen LogP contribution in [0.2, 0.25) is 0 Å². The van der Waals surface area contributed by atoms with Crippen molar-refractivity contribution in [3.8, 4) is 0 Å². The second kappa shape index (κ2) is 9.55. The van der Waals surface area contributed by atoms with Crippen molar-refractivity contribution >= 4 is 17.7 Å². The van der Waals surface area contributed by atoms with E-state index < -0.39 is 0 Å². The summed E-state index contributed by atoms with van der Waals surface area (Å²) in [7, 11) is 0. The fourth-order valence-corrected chi connectivity index (χ4v) is 3.91. The van der Waals surface area contributed by atoms with Crippen molar-refractivity contribution in [3.63, 3.8) is 0 Å². The quantitative estimate of drug-likeness (QED) is 0.444. The fraction of sp³-hybridized carbons (Fsp3) is 0.318. The molecule has 0 radical (unpaired) electrons. The average Bonchev–Trinajstić information content (AvgIpc) is 3.10. The van der Waals surface area contributed by atoms with Gasteiger partial charge in [-0.1, -0.05) is 41.1 Å². The molecule has 0 aliphatic heterocycles. The summed E-state index contributed by atoms with van der Waals surface area (Å²) in [5, 5.41) is 6.83. The van der Waals surface area contributed by atoms with Gasteiger partial charge >= 0.3 is 0 Å². The molecule has 0 aliphatic carbocycles. The minimum atomic E-state index is -0.0505. The summed E-state index contributed by atoms with van der Waals surface area (Å²) >= 11 is 1.52. The van der Waals surface area contributed by atoms with E-state index in [-0.39, 0.29) is 5.91 Å². The second-order valence-electron chi connectivity index (χ2n) is 6.81. The molecule has 146 valence electrons. The molecule has 1 N–H and O–H groups in total. The molecule has 0 saturated heterocycles. The lowest BCUT2D eigenvalue weighted by Gasteiger charge is -2.10. The number of aryl methyl sites for hydroxylation is 4. The Bertz CT molecular complexity index is 952. The van der Waals surface area contributed by atoms with E-state index in [0.717, 1.165) is 17.7 Å². The molecule has 5 nitrogen and oxygen atoms in total. The Kier molecular flexibility index (Phi) is 6.87. The van der Waals surface area contributed by atoms with Gasteiger partial charge in [0.1, 0.15) is 0 Å². The largest absolute Gasteiger partial charge is 0.352 e. The zero-order chi connectivity index (χ0) is 19.9. The van der Waals surface area contributed by atoms with Crippen molar-refractivity contribution in [1.82, 2.24) is 15.5 Å². The van der Waals surface area contributed by atoms with Gasteiger partial charge in [0.15, 0.2) is 5.82 Å². The van der Waals surface area contributed by atoms with Crippen molar-refractivity contribution in [2.24, 2.45) is 0 Å². The standard InChI is InChI=1S/C22H25N3O2S/c1-15-10-11-18(16(2)13-15)7-6-12-23-22(26)19-8-4-5-9-20(19)28-14-21-24-17(3)25-27-21/h4-5,8-11,13H,6-7,12,14H2,1-3H3,(H,23,26). The van der Waals surface area contributed by atoms with Crippen LogP contribution in [0, 0.1) is 20.8 Å². The van der Waals surface area contributed by atoms with Gasteiger partial charge < -0.3 is 9.84 Å². The van der Waals surface area contributed by atoms with Crippen molar-refractivity contribution in [1.29, 1.82) is 0 Å². The smallest absolute Gasteiger partial charge is 0.252 e. The molecule has 0 atom stereocenters. The van der Waals surface area contributed by atoms with Crippen molar-refractivity contribution < 1.29 is 9.32 Å². The molecule has 6 heteroatoms. The van der Waals surface area contributed by atoms with E-state index in [1.807, 2.05) is 24.3 Å². The molecule has 3 aromatic rings. The van der Waals surface area contributed by atoms with Gasteiger partial charge in [-0.05, 0) is 56.9 Å². The molecule has 3 rings (SSSR count). The van der Waals surface area contributed by atoms with Gasteiger partial charge in [0, 0.05) is 11.4 Å². The van der Waals surface area contributed by atoms with Crippen LogP contribution in [-0.4, -0.2) is 22.6 Å². The number of carbonyl (C=O) groups is 1. The first-order chi connectivity index (χ1) is 13.5. The predicted molar refractivity (Wildman–Crippen MR) is 112 cm³/mol. The summed E-state index contributed by atoms with van der Waals surface area (Å²) < 4.78 is 5.14. The number of nitrogens with zero attached hydrogens (tertiary/aromatic N) is 2. The number of thioether (sulfide) groups is 1. The van der Waals surface area contributed by atoms with E-state index in [2.05, 4.69) is 47.5 Å². The van der Waals surface area contributed by atoms with Crippen LogP contribution in [-0.2, 0) is 12.2 Å². The van der Waals surface area contributed by atoms with Crippen molar-refractivity contribution in [3.05, 3.63) is 76.4 Å². The monoisotopic (exact) mass is 395 g/mol. The van der Waals surface area contributed by atoms with Gasteiger partial charge in [-0.15, -0.1) is 11.8 Å². The summed E-state index contributed by atoms with van der Waals surface area (Å²) in [6.45, 7) is 6.68. The summed E-state index contributed by atoms with van der Waals surface area (Å²) in [6.07, 6.45) is 1.87. The Morgan fingerprint density at radius 3 is 2.71 bits per heavy atom. The van der Waals surface area contributed by atoms with Crippen LogP contribution < -0.4 is 5.32 Å². The zero-order valence-corrected chi connectivity index (χ0v) is 17.3. The van der Waals surface area contributed by atoms with Crippen LogP contribution >= 0.6 is 11.8 Å². The zero-order valence-electron chi connectivity index (χ0n) is 16.5. The third-order valence-electron chi connectivity index (χ3n) is 4.46. The van der Waals surface area contributed by atoms with Gasteiger partial charge in [0.25, 0.3) is 5.91 Å². The van der Waals surface area contributed by atoms with E-state index in [0.29, 0.717) is 29.6 Å². The maximum atomic E-state index is 12.6. The molecule has 0 saturated carbocycles. The molecule has 0 bridgehead atoms. The Morgan fingerprint density at radius 1 is 1.14 bits per heavy atom. The minimum absolute atomic E-state index is 0.0505. The number of rotatable bonds is 8. The van der Waals surface area contributed by atoms with Crippen molar-refractivity contribution in [2.75, 3.05) is 6.54 Å². The first-order valence-corrected chi connectivity index (χ1v) is 10.4. The van der Waals surface area contributed by atoms with E-state index in [1.165, 1.54) is 28.5 Å². The van der Waals surface area contributed by atoms with Gasteiger partial charge in [0.05, 0.1) is 11.3 Å². The highest BCUT2D eigenvalue weighted by Crippen LogP contribution is 2.25. The lowest BCUT2D eigenvalue weighted by molar-refractivity contribution is 0.0950. The maximum absolute atomic E-state index is 12.6. The minimum Gasteiger partial charge on any atom is -0.352 e. The van der Waals surface area contributed by atoms with E-state index in [9.17, 15) is 4.79 Å². The number of hydrogen-bond acceptors (Lipinski definition) is 5. The molecule has 0 aliphatic rings. The van der Waals surface area contributed by atoms with Crippen LogP contribution in [0.4, 0.5) is 0 Å². The SMILES string of the molecule is Cc1ccc(CCCNC(=O)c2ccccc2SCc2nc(C)no2)c(C)c1. The Hall–Kier alpha value is -2.60. The number of nitrogens with one attached hydrogen (secondary N) is 1. The fourth-order valence-electron chi connectivity index (χ4n) is 3.02. The second-order valence-corrected chi connectivity index (χ2v) is 7.83. The Labute approximate surface area is 169 Å². The highest BCUT2D eigenvalue weighted by Gasteiger charge is 2.12. The van der Waals surface area contributed by atoms with Gasteiger partial charge in [-0.25, -0.2) is 0 Å². The van der Waals surface area contributed by atoms with Gasteiger partial charge in [-0.2, -0.15) is 4.98 Å². The molecule has 1 amide bonds. The summed E-state index contributed by atoms with van der Waals surface area (Å²) in [5.41, 5.74) is 4.60. The van der Waals surface area contributed by atoms with E-state index in [1.54, 1.807) is 6.92 Å². The molecule has 0 unspecified atom stereocenters. The Balaban J connectivity index is 1.52. The third kappa shape index (κ3) is 5.45.